The van der Waals surface area contributed by atoms with Gasteiger partial charge < -0.3 is 61.5 Å². The first-order chi connectivity index (χ1) is 57.4. The molecule has 1 aromatic heterocycles. The van der Waals surface area contributed by atoms with Crippen LogP contribution in [0.2, 0.25) is 0 Å². The molecule has 4 fully saturated rings. The molecule has 632 valence electrons. The lowest BCUT2D eigenvalue weighted by Gasteiger charge is -2.36. The van der Waals surface area contributed by atoms with E-state index in [1.54, 1.807) is 108 Å². The first-order valence-electron chi connectivity index (χ1n) is 39.7. The number of fused-ring (bicyclic) bond motifs is 4. The van der Waals surface area contributed by atoms with Crippen molar-refractivity contribution in [3.05, 3.63) is 253 Å². The number of carbonyl (C=O) groups is 4. The van der Waals surface area contributed by atoms with Crippen LogP contribution in [0.4, 0.5) is 4.39 Å². The Morgan fingerprint density at radius 2 is 0.742 bits per heavy atom. The second-order valence-electron chi connectivity index (χ2n) is 30.8. The molecule has 4 saturated heterocycles. The number of aromatic nitrogens is 1. The molecule has 0 aliphatic carbocycles. The smallest absolute Gasteiger partial charge is 0.259 e. The van der Waals surface area contributed by atoms with Crippen molar-refractivity contribution < 1.29 is 76.2 Å². The van der Waals surface area contributed by atoms with Crippen LogP contribution in [0.3, 0.4) is 0 Å². The van der Waals surface area contributed by atoms with Crippen molar-refractivity contribution in [2.24, 2.45) is 52.4 Å². The summed E-state index contributed by atoms with van der Waals surface area (Å²) in [7, 11) is -14.4. The number of amidine groups is 4. The highest BCUT2D eigenvalue weighted by molar-refractivity contribution is 7.90. The number of ether oxygens (including phenoxy) is 4. The lowest BCUT2D eigenvalue weighted by Crippen LogP contribution is -2.47. The van der Waals surface area contributed by atoms with E-state index in [2.05, 4.69) is 22.6 Å². The van der Waals surface area contributed by atoms with E-state index in [9.17, 15) is 57.2 Å². The minimum absolute atomic E-state index is 0.00359. The molecule has 0 radical (unpaired) electrons. The van der Waals surface area contributed by atoms with Gasteiger partial charge in [0.1, 0.15) is 65.4 Å². The fraction of sp³-hybridized carbons (Fsp3) is 0.360. The molecule has 8 N–H and O–H groups in total. The number of halogens is 1. The number of nitrogens with zero attached hydrogens (tertiary/aromatic N) is 9. The van der Waals surface area contributed by atoms with Crippen LogP contribution in [0.15, 0.2) is 182 Å². The lowest BCUT2D eigenvalue weighted by atomic mass is 9.97. The fourth-order valence-corrected chi connectivity index (χ4v) is 20.5. The zero-order chi connectivity index (χ0) is 85.2. The molecule has 29 nitrogen and oxygen atoms in total. The van der Waals surface area contributed by atoms with Crippen LogP contribution in [0, 0.1) is 38.4 Å². The molecule has 0 unspecified atom stereocenters. The summed E-state index contributed by atoms with van der Waals surface area (Å²) in [5.41, 5.74) is 32.9. The molecule has 16 rings (SSSR count). The number of hydrogen-bond acceptors (Lipinski definition) is 21. The Bertz CT molecular complexity index is 5690. The van der Waals surface area contributed by atoms with Crippen LogP contribution < -0.4 is 41.9 Å². The molecular weight excluding hydrogens is 1620 g/mol. The minimum Gasteiger partial charge on any atom is -0.492 e. The molecule has 0 bridgehead atoms. The molecule has 8 aliphatic heterocycles. The van der Waals surface area contributed by atoms with E-state index >= 15 is 0 Å². The average Bonchev–Trinajstić information content (AvgIpc) is 0.795. The monoisotopic (exact) mass is 1710 g/mol. The van der Waals surface area contributed by atoms with Crippen molar-refractivity contribution >= 4 is 87.1 Å². The standard InChI is InChI=1S/2C22H25N3O4S.C21H22FN3O4S.C21H24N4O4S/c1-15-6-2-3-9-18(15)22(26)25-11-5-7-16(12-25)13-29-19-10-4-8-17-14-30(27,28)24-21(23)20(17)19;1-15-7-2-3-10-18(15)22(26)25-12-5-4-9-17(25)13-29-19-11-6-8-16-14-30(27,28)24-21(23)20(16)19;22-17-9-2-1-8-16(17)21(26)25-11-4-3-7-15(25)12-29-18-10-5-6-14-13-30(27,28)24-20(23)19(14)18;1-14-10-16(7-8-23-14)21(26)25-9-3-4-15(11-25)12-29-18-6-2-5-17-13-30(27,28)24-20(22)19(17)18/h2-4,6,8-10,16H,5,7,11-14H2,1H3,(H2,23,24);2-3,6-8,10-11,17H,4-5,9,12-14H2,1H3,(H2,23,24);1-2,5-6,8-10,15H,3-4,7,11-13H2,(H2,23,24);2,5-8,10,15H,3-4,9,11-13H2,1H3,(H2,22,24)/t16-;17-;2*15-/m0110/s1. The van der Waals surface area contributed by atoms with Gasteiger partial charge in [-0.2, -0.15) is 0 Å². The van der Waals surface area contributed by atoms with Gasteiger partial charge in [0.05, 0.1) is 76.1 Å². The predicted molar refractivity (Wildman–Crippen MR) is 453 cm³/mol. The van der Waals surface area contributed by atoms with E-state index in [1.807, 2.05) is 84.0 Å². The Morgan fingerprint density at radius 1 is 0.392 bits per heavy atom. The Kier molecular flexibility index (Phi) is 26.8. The largest absolute Gasteiger partial charge is 0.492 e. The fourth-order valence-electron chi connectivity index (χ4n) is 16.2. The Balaban J connectivity index is 0.000000138. The lowest BCUT2D eigenvalue weighted by molar-refractivity contribution is 0.0519. The van der Waals surface area contributed by atoms with Crippen molar-refractivity contribution in [2.45, 2.75) is 120 Å². The van der Waals surface area contributed by atoms with Crippen molar-refractivity contribution in [1.29, 1.82) is 0 Å². The summed E-state index contributed by atoms with van der Waals surface area (Å²) in [6.07, 6.45) is 10.7. The molecule has 4 atom stereocenters. The molecule has 4 amide bonds. The molecule has 9 heterocycles. The second-order valence-corrected chi connectivity index (χ2v) is 37.4. The maximum absolute atomic E-state index is 14.1. The Morgan fingerprint density at radius 3 is 1.12 bits per heavy atom. The van der Waals surface area contributed by atoms with Crippen LogP contribution in [-0.4, -0.2) is 183 Å². The van der Waals surface area contributed by atoms with E-state index < -0.39 is 45.9 Å². The number of amides is 4. The van der Waals surface area contributed by atoms with Crippen molar-refractivity contribution in [3.8, 4) is 23.0 Å². The number of pyridine rings is 1. The van der Waals surface area contributed by atoms with Gasteiger partial charge in [-0.1, -0.05) is 97.1 Å². The second kappa shape index (κ2) is 37.3. The highest BCUT2D eigenvalue weighted by Gasteiger charge is 2.36. The van der Waals surface area contributed by atoms with E-state index in [0.29, 0.717) is 125 Å². The summed E-state index contributed by atoms with van der Waals surface area (Å²) in [6, 6.07) is 45.2. The summed E-state index contributed by atoms with van der Waals surface area (Å²) in [6.45, 7) is 11.0. The van der Waals surface area contributed by atoms with E-state index in [-0.39, 0.29) is 106 Å². The summed E-state index contributed by atoms with van der Waals surface area (Å²) in [5.74, 6) is 0.490. The molecule has 34 heteroatoms. The van der Waals surface area contributed by atoms with Gasteiger partial charge in [0.25, 0.3) is 63.7 Å². The highest BCUT2D eigenvalue weighted by atomic mass is 32.2. The van der Waals surface area contributed by atoms with Crippen LogP contribution in [-0.2, 0) is 63.1 Å². The summed E-state index contributed by atoms with van der Waals surface area (Å²) < 4.78 is 147. The number of nitrogens with two attached hydrogens (primary N) is 4. The van der Waals surface area contributed by atoms with Crippen molar-refractivity contribution in [1.82, 2.24) is 24.6 Å². The molecule has 7 aromatic carbocycles. The van der Waals surface area contributed by atoms with Crippen molar-refractivity contribution in [2.75, 3.05) is 65.7 Å². The SMILES string of the molecule is Cc1cc(C(=O)N2CCC[C@H](COc3cccc4c3C(N)=NS(=O)(=O)C4)C2)ccn1.Cc1ccccc1C(=O)N1CCCC[C@@H]1COc1cccc2c1C(N)=NS(=O)(=O)C2.Cc1ccccc1C(=O)N1CCC[C@H](COc2cccc3c2C(N)=NS(=O)(=O)C3)C1.NC1=NS(=O)(=O)Cc2cccc(OC[C@H]3CCCCN3C(=O)c3ccccc3F)c21. The van der Waals surface area contributed by atoms with Crippen molar-refractivity contribution in [3.63, 3.8) is 0 Å². The zero-order valence-corrected chi connectivity index (χ0v) is 70.0. The van der Waals surface area contributed by atoms with Gasteiger partial charge in [-0.05, 0) is 179 Å². The van der Waals surface area contributed by atoms with Gasteiger partial charge >= 0.3 is 0 Å². The Labute approximate surface area is 698 Å². The number of aryl methyl sites for hydroxylation is 3. The van der Waals surface area contributed by atoms with E-state index in [4.69, 9.17) is 41.9 Å². The molecule has 8 aromatic rings. The molecule has 120 heavy (non-hydrogen) atoms. The van der Waals surface area contributed by atoms with E-state index in [1.165, 1.54) is 12.1 Å². The highest BCUT2D eigenvalue weighted by Crippen LogP contribution is 2.36. The maximum Gasteiger partial charge on any atom is 0.259 e. The third-order valence-electron chi connectivity index (χ3n) is 22.0. The van der Waals surface area contributed by atoms with E-state index in [0.717, 1.165) is 99.7 Å². The topological polar surface area (TPSA) is 421 Å². The number of carbonyl (C=O) groups excluding carboxylic acids is 4. The predicted octanol–water partition coefficient (Wildman–Crippen LogP) is 9.41. The molecule has 0 spiro atoms. The number of hydrogen-bond donors (Lipinski definition) is 4. The number of benzene rings is 7. The Hall–Kier alpha value is -11.6. The van der Waals surface area contributed by atoms with Crippen LogP contribution in [0.25, 0.3) is 0 Å². The maximum atomic E-state index is 14.1. The number of piperidine rings is 4. The van der Waals surface area contributed by atoms with Gasteiger partial charge in [0.2, 0.25) is 0 Å². The summed E-state index contributed by atoms with van der Waals surface area (Å²) in [4.78, 5) is 63.3. The third kappa shape index (κ3) is 21.0. The summed E-state index contributed by atoms with van der Waals surface area (Å²) in [5, 5.41) is 0. The first kappa shape index (κ1) is 86.2. The molecule has 8 aliphatic rings. The third-order valence-corrected chi connectivity index (χ3v) is 26.6. The first-order valence-corrected chi connectivity index (χ1v) is 46.1. The van der Waals surface area contributed by atoms with Crippen LogP contribution in [0.1, 0.15) is 167 Å². The van der Waals surface area contributed by atoms with Gasteiger partial charge in [-0.25, -0.2) is 38.1 Å². The van der Waals surface area contributed by atoms with Gasteiger partial charge in [-0.3, -0.25) is 24.2 Å². The number of likely N-dealkylation sites (tertiary alicyclic amines) is 4. The zero-order valence-electron chi connectivity index (χ0n) is 66.7. The molecule has 0 saturated carbocycles. The number of rotatable bonds is 16. The van der Waals surface area contributed by atoms with Gasteiger partial charge in [-0.15, -0.1) is 17.6 Å². The average molecular weight is 1720 g/mol. The van der Waals surface area contributed by atoms with Gasteiger partial charge in [0.15, 0.2) is 0 Å². The van der Waals surface area contributed by atoms with Gasteiger partial charge in [0, 0.05) is 79.7 Å². The quantitative estimate of drug-likeness (QED) is 0.0699. The minimum atomic E-state index is -3.63. The van der Waals surface area contributed by atoms with Crippen LogP contribution in [0.5, 0.6) is 23.0 Å². The normalized spacial score (nSPS) is 20.2. The number of sulfonamides is 4. The summed E-state index contributed by atoms with van der Waals surface area (Å²) >= 11 is 0. The van der Waals surface area contributed by atoms with Crippen LogP contribution >= 0.6 is 0 Å². The molecular formula is C86H96FN13O16S4.